The van der Waals surface area contributed by atoms with E-state index in [0.717, 1.165) is 0 Å². The van der Waals surface area contributed by atoms with E-state index >= 15 is 0 Å². The van der Waals surface area contributed by atoms with Gasteiger partial charge in [-0.15, -0.1) is 0 Å². The van der Waals surface area contributed by atoms with E-state index < -0.39 is 5.82 Å². The monoisotopic (exact) mass is 299 g/mol. The van der Waals surface area contributed by atoms with Gasteiger partial charge < -0.3 is 4.74 Å². The third kappa shape index (κ3) is 2.35. The van der Waals surface area contributed by atoms with E-state index in [1.165, 1.54) is 24.1 Å². The van der Waals surface area contributed by atoms with Crippen LogP contribution in [0.3, 0.4) is 0 Å². The van der Waals surface area contributed by atoms with Crippen molar-refractivity contribution < 1.29 is 18.7 Å². The molecule has 0 saturated carbocycles. The van der Waals surface area contributed by atoms with E-state index in [1.807, 2.05) is 0 Å². The number of carbonyl (C=O) groups is 2. The number of para-hydroxylation sites is 1. The van der Waals surface area contributed by atoms with E-state index in [4.69, 9.17) is 4.74 Å². The van der Waals surface area contributed by atoms with Crippen LogP contribution >= 0.6 is 0 Å². The first-order valence-electron chi connectivity index (χ1n) is 6.90. The fraction of sp³-hybridized carbons (Fsp3) is 0.176. The van der Waals surface area contributed by atoms with Gasteiger partial charge in [0.1, 0.15) is 0 Å². The number of rotatable bonds is 2. The van der Waals surface area contributed by atoms with Gasteiger partial charge in [0.15, 0.2) is 17.3 Å². The zero-order valence-electron chi connectivity index (χ0n) is 12.0. The van der Waals surface area contributed by atoms with Crippen LogP contribution in [0.25, 0.3) is 0 Å². The molecule has 0 unspecified atom stereocenters. The Hall–Kier alpha value is -2.69. The molecule has 4 nitrogen and oxygen atoms in total. The lowest BCUT2D eigenvalue weighted by Crippen LogP contribution is -2.25. The summed E-state index contributed by atoms with van der Waals surface area (Å²) in [6.45, 7) is 0. The number of carbonyl (C=O) groups excluding carboxylic acids is 2. The third-order valence-corrected chi connectivity index (χ3v) is 3.65. The quantitative estimate of drug-likeness (QED) is 0.853. The highest BCUT2D eigenvalue weighted by molar-refractivity contribution is 6.12. The fourth-order valence-corrected chi connectivity index (χ4v) is 2.58. The molecule has 5 heteroatoms. The maximum atomic E-state index is 14.0. The van der Waals surface area contributed by atoms with Crippen molar-refractivity contribution in [3.63, 3.8) is 0 Å². The Morgan fingerprint density at radius 3 is 2.59 bits per heavy atom. The van der Waals surface area contributed by atoms with Crippen molar-refractivity contribution in [2.45, 2.75) is 12.8 Å². The standard InChI is InChI=1S/C17H14FNO3/c1-22-16-8-6-11(10-13(16)18)19-14-5-3-2-4-12(14)15(20)7-9-17(19)21/h2-6,8,10H,7,9H2,1H3. The molecule has 1 amide bonds. The number of nitrogens with zero attached hydrogens (tertiary/aromatic N) is 1. The molecule has 0 fully saturated rings. The molecular weight excluding hydrogens is 285 g/mol. The number of methoxy groups -OCH3 is 1. The summed E-state index contributed by atoms with van der Waals surface area (Å²) in [7, 11) is 1.38. The van der Waals surface area contributed by atoms with Crippen molar-refractivity contribution in [1.82, 2.24) is 0 Å². The van der Waals surface area contributed by atoms with Crippen molar-refractivity contribution in [2.24, 2.45) is 0 Å². The van der Waals surface area contributed by atoms with Gasteiger partial charge in [-0.1, -0.05) is 12.1 Å². The molecule has 1 aliphatic heterocycles. The highest BCUT2D eigenvalue weighted by Gasteiger charge is 2.27. The van der Waals surface area contributed by atoms with Crippen molar-refractivity contribution in [1.29, 1.82) is 0 Å². The van der Waals surface area contributed by atoms with E-state index in [1.54, 1.807) is 30.3 Å². The number of amides is 1. The van der Waals surface area contributed by atoms with Gasteiger partial charge in [-0.05, 0) is 24.3 Å². The van der Waals surface area contributed by atoms with E-state index in [-0.39, 0.29) is 30.3 Å². The Bertz CT molecular complexity index is 757. The topological polar surface area (TPSA) is 46.6 Å². The van der Waals surface area contributed by atoms with E-state index in [2.05, 4.69) is 0 Å². The molecule has 0 N–H and O–H groups in total. The van der Waals surface area contributed by atoms with Crippen molar-refractivity contribution >= 4 is 23.1 Å². The van der Waals surface area contributed by atoms with Gasteiger partial charge in [0.05, 0.1) is 18.5 Å². The maximum absolute atomic E-state index is 14.0. The lowest BCUT2D eigenvalue weighted by molar-refractivity contribution is -0.117. The van der Waals surface area contributed by atoms with Crippen LogP contribution in [0, 0.1) is 5.82 Å². The van der Waals surface area contributed by atoms with Crippen molar-refractivity contribution in [3.05, 3.63) is 53.8 Å². The molecule has 112 valence electrons. The Balaban J connectivity index is 2.15. The van der Waals surface area contributed by atoms with Gasteiger partial charge in [0, 0.05) is 24.5 Å². The van der Waals surface area contributed by atoms with Gasteiger partial charge in [-0.25, -0.2) is 4.39 Å². The Morgan fingerprint density at radius 1 is 1.09 bits per heavy atom. The second kappa shape index (κ2) is 5.60. The number of fused-ring (bicyclic) bond motifs is 1. The number of hydrogen-bond acceptors (Lipinski definition) is 3. The van der Waals surface area contributed by atoms with Gasteiger partial charge in [0.25, 0.3) is 0 Å². The first-order chi connectivity index (χ1) is 10.6. The Kier molecular flexibility index (Phi) is 3.63. The summed E-state index contributed by atoms with van der Waals surface area (Å²) in [5, 5.41) is 0. The van der Waals surface area contributed by atoms with Gasteiger partial charge >= 0.3 is 0 Å². The van der Waals surface area contributed by atoms with Gasteiger partial charge in [0.2, 0.25) is 5.91 Å². The van der Waals surface area contributed by atoms with E-state index in [9.17, 15) is 14.0 Å². The number of hydrogen-bond donors (Lipinski definition) is 0. The highest BCUT2D eigenvalue weighted by atomic mass is 19.1. The van der Waals surface area contributed by atoms with Crippen LogP contribution in [0.15, 0.2) is 42.5 Å². The average Bonchev–Trinajstić information content (AvgIpc) is 2.65. The highest BCUT2D eigenvalue weighted by Crippen LogP contribution is 2.34. The number of anilines is 2. The molecule has 22 heavy (non-hydrogen) atoms. The zero-order valence-corrected chi connectivity index (χ0v) is 12.0. The third-order valence-electron chi connectivity index (χ3n) is 3.65. The molecule has 2 aromatic carbocycles. The number of ether oxygens (including phenoxy) is 1. The number of Topliss-reactive ketones (excluding diaryl/α,β-unsaturated/α-hetero) is 1. The van der Waals surface area contributed by atoms with Crippen LogP contribution in [0.2, 0.25) is 0 Å². The first-order valence-corrected chi connectivity index (χ1v) is 6.90. The molecule has 0 radical (unpaired) electrons. The smallest absolute Gasteiger partial charge is 0.232 e. The number of ketones is 1. The second-order valence-electron chi connectivity index (χ2n) is 4.99. The minimum atomic E-state index is -0.555. The predicted molar refractivity (Wildman–Crippen MR) is 80.1 cm³/mol. The largest absolute Gasteiger partial charge is 0.494 e. The molecule has 2 aromatic rings. The molecule has 0 aromatic heterocycles. The van der Waals surface area contributed by atoms with E-state index in [0.29, 0.717) is 16.9 Å². The number of halogens is 1. The van der Waals surface area contributed by atoms with Crippen LogP contribution in [0.1, 0.15) is 23.2 Å². The van der Waals surface area contributed by atoms with Crippen LogP contribution in [0.4, 0.5) is 15.8 Å². The molecule has 0 spiro atoms. The van der Waals surface area contributed by atoms with Crippen LogP contribution in [0.5, 0.6) is 5.75 Å². The lowest BCUT2D eigenvalue weighted by Gasteiger charge is -2.23. The summed E-state index contributed by atoms with van der Waals surface area (Å²) < 4.78 is 18.8. The minimum Gasteiger partial charge on any atom is -0.494 e. The SMILES string of the molecule is COc1ccc(N2C(=O)CCC(=O)c3ccccc32)cc1F. The molecule has 3 rings (SSSR count). The molecule has 1 aliphatic rings. The molecule has 1 heterocycles. The summed E-state index contributed by atoms with van der Waals surface area (Å²) >= 11 is 0. The molecular formula is C17H14FNO3. The van der Waals surface area contributed by atoms with Crippen molar-refractivity contribution in [2.75, 3.05) is 12.0 Å². The molecule has 0 bridgehead atoms. The van der Waals surface area contributed by atoms with Crippen LogP contribution < -0.4 is 9.64 Å². The molecule has 0 atom stereocenters. The normalized spacial score (nSPS) is 14.5. The second-order valence-corrected chi connectivity index (χ2v) is 4.99. The Morgan fingerprint density at radius 2 is 1.86 bits per heavy atom. The first kappa shape index (κ1) is 14.3. The zero-order chi connectivity index (χ0) is 15.7. The van der Waals surface area contributed by atoms with Crippen LogP contribution in [-0.2, 0) is 4.79 Å². The molecule has 0 saturated heterocycles. The molecule has 0 aliphatic carbocycles. The minimum absolute atomic E-state index is 0.0829. The maximum Gasteiger partial charge on any atom is 0.232 e. The number of benzene rings is 2. The average molecular weight is 299 g/mol. The van der Waals surface area contributed by atoms with Crippen molar-refractivity contribution in [3.8, 4) is 5.75 Å². The van der Waals surface area contributed by atoms with Gasteiger partial charge in [-0.3, -0.25) is 14.5 Å². The summed E-state index contributed by atoms with van der Waals surface area (Å²) in [5.74, 6) is -0.764. The summed E-state index contributed by atoms with van der Waals surface area (Å²) in [6, 6.07) is 11.2. The summed E-state index contributed by atoms with van der Waals surface area (Å²) in [6.07, 6.45) is 0.256. The fourth-order valence-electron chi connectivity index (χ4n) is 2.58. The lowest BCUT2D eigenvalue weighted by atomic mass is 10.1. The summed E-state index contributed by atoms with van der Waals surface area (Å²) in [5.41, 5.74) is 1.34. The Labute approximate surface area is 127 Å². The van der Waals surface area contributed by atoms with Crippen LogP contribution in [-0.4, -0.2) is 18.8 Å². The predicted octanol–water partition coefficient (Wildman–Crippen LogP) is 3.48. The van der Waals surface area contributed by atoms with Gasteiger partial charge in [-0.2, -0.15) is 0 Å². The summed E-state index contributed by atoms with van der Waals surface area (Å²) in [4.78, 5) is 25.9.